The minimum atomic E-state index is -0.843. The molecule has 0 amide bonds. The minimum Gasteiger partial charge on any atom is -0.465 e. The molecule has 1 saturated heterocycles. The molecule has 1 aliphatic heterocycles. The first-order chi connectivity index (χ1) is 14.0. The summed E-state index contributed by atoms with van der Waals surface area (Å²) in [4.78, 5) is 6.77. The maximum atomic E-state index is 11.2. The van der Waals surface area contributed by atoms with Crippen molar-refractivity contribution in [1.29, 1.82) is 0 Å². The van der Waals surface area contributed by atoms with E-state index in [1.54, 1.807) is 6.20 Å². The van der Waals surface area contributed by atoms with Gasteiger partial charge in [-0.15, -0.1) is 0 Å². The zero-order valence-electron chi connectivity index (χ0n) is 16.8. The third kappa shape index (κ3) is 4.75. The van der Waals surface area contributed by atoms with Crippen molar-refractivity contribution < 1.29 is 14.9 Å². The van der Waals surface area contributed by atoms with Crippen LogP contribution in [0.5, 0.6) is 5.75 Å². The Hall–Kier alpha value is -2.47. The normalized spacial score (nSPS) is 17.9. The number of ether oxygens (including phenoxy) is 1. The topological polar surface area (TPSA) is 65.8 Å². The van der Waals surface area contributed by atoms with Crippen LogP contribution in [-0.4, -0.2) is 46.0 Å². The van der Waals surface area contributed by atoms with E-state index in [1.807, 2.05) is 55.5 Å². The van der Waals surface area contributed by atoms with Gasteiger partial charge in [0.25, 0.3) is 0 Å². The summed E-state index contributed by atoms with van der Waals surface area (Å²) in [6, 6.07) is 17.7. The van der Waals surface area contributed by atoms with Crippen LogP contribution in [0, 0.1) is 6.92 Å². The highest BCUT2D eigenvalue weighted by atomic mass is 16.6. The Balaban J connectivity index is 1.29. The number of aromatic nitrogens is 1. The number of hydrogen-bond donors (Lipinski definition) is 2. The lowest BCUT2D eigenvalue weighted by Gasteiger charge is -2.38. The Bertz CT molecular complexity index is 950. The van der Waals surface area contributed by atoms with Crippen LogP contribution >= 0.6 is 0 Å². The van der Waals surface area contributed by atoms with E-state index in [4.69, 9.17) is 4.74 Å². The van der Waals surface area contributed by atoms with Gasteiger partial charge in [-0.25, -0.2) is 0 Å². The van der Waals surface area contributed by atoms with E-state index in [0.717, 1.165) is 41.7 Å². The average Bonchev–Trinajstić information content (AvgIpc) is 2.75. The standard InChI is InChI=1S/C24H28N2O3/c1-18-6-8-21(9-7-18)29-23(27)10-13-26-14-11-24(28,12-15-26)20-16-19-4-2-3-5-22(19)25-17-20/h2-9,16-17,23,27-28H,10-15H2,1H3. The smallest absolute Gasteiger partial charge is 0.198 e. The number of fused-ring (bicyclic) bond motifs is 1. The van der Waals surface area contributed by atoms with Crippen molar-refractivity contribution in [2.24, 2.45) is 0 Å². The third-order valence-electron chi connectivity index (χ3n) is 5.80. The van der Waals surface area contributed by atoms with E-state index in [1.165, 1.54) is 0 Å². The van der Waals surface area contributed by atoms with Gasteiger partial charge in [-0.3, -0.25) is 4.98 Å². The van der Waals surface area contributed by atoms with Crippen LogP contribution in [0.15, 0.2) is 60.8 Å². The summed E-state index contributed by atoms with van der Waals surface area (Å²) < 4.78 is 5.58. The van der Waals surface area contributed by atoms with Crippen LogP contribution in [0.2, 0.25) is 0 Å². The van der Waals surface area contributed by atoms with Gasteiger partial charge in [-0.1, -0.05) is 35.9 Å². The van der Waals surface area contributed by atoms with Crippen molar-refractivity contribution in [2.45, 2.75) is 38.1 Å². The molecule has 152 valence electrons. The Labute approximate surface area is 171 Å². The molecule has 4 rings (SSSR count). The van der Waals surface area contributed by atoms with Crippen molar-refractivity contribution in [3.8, 4) is 5.75 Å². The summed E-state index contributed by atoms with van der Waals surface area (Å²) in [7, 11) is 0. The number of pyridine rings is 1. The molecule has 1 fully saturated rings. The summed E-state index contributed by atoms with van der Waals surface area (Å²) in [6.07, 6.45) is 2.81. The predicted molar refractivity (Wildman–Crippen MR) is 114 cm³/mol. The molecule has 2 N–H and O–H groups in total. The van der Waals surface area contributed by atoms with Crippen LogP contribution < -0.4 is 4.74 Å². The molecule has 0 radical (unpaired) electrons. The highest BCUT2D eigenvalue weighted by molar-refractivity contribution is 5.78. The van der Waals surface area contributed by atoms with Gasteiger partial charge in [0, 0.05) is 43.2 Å². The van der Waals surface area contributed by atoms with Gasteiger partial charge >= 0.3 is 0 Å². The van der Waals surface area contributed by atoms with Crippen LogP contribution in [0.1, 0.15) is 30.4 Å². The summed E-state index contributed by atoms with van der Waals surface area (Å²) in [5.74, 6) is 0.680. The van der Waals surface area contributed by atoms with E-state index in [9.17, 15) is 10.2 Å². The maximum absolute atomic E-state index is 11.2. The van der Waals surface area contributed by atoms with Crippen molar-refractivity contribution >= 4 is 10.9 Å². The van der Waals surface area contributed by atoms with Gasteiger partial charge in [0.05, 0.1) is 11.1 Å². The molecular formula is C24H28N2O3. The van der Waals surface area contributed by atoms with Crippen molar-refractivity contribution in [1.82, 2.24) is 9.88 Å². The molecule has 0 bridgehead atoms. The molecular weight excluding hydrogens is 364 g/mol. The summed E-state index contributed by atoms with van der Waals surface area (Å²) in [5.41, 5.74) is 2.15. The van der Waals surface area contributed by atoms with Crippen molar-refractivity contribution in [3.05, 3.63) is 71.9 Å². The molecule has 0 spiro atoms. The number of aryl methyl sites for hydroxylation is 1. The number of piperidine rings is 1. The quantitative estimate of drug-likeness (QED) is 0.628. The molecule has 2 aromatic carbocycles. The maximum Gasteiger partial charge on any atom is 0.198 e. The highest BCUT2D eigenvalue weighted by Crippen LogP contribution is 2.33. The second-order valence-electron chi connectivity index (χ2n) is 7.96. The molecule has 3 aromatic rings. The minimum absolute atomic E-state index is 0.532. The van der Waals surface area contributed by atoms with E-state index in [-0.39, 0.29) is 0 Å². The molecule has 1 unspecified atom stereocenters. The molecule has 1 aromatic heterocycles. The molecule has 29 heavy (non-hydrogen) atoms. The lowest BCUT2D eigenvalue weighted by molar-refractivity contribution is -0.0476. The monoisotopic (exact) mass is 392 g/mol. The molecule has 0 saturated carbocycles. The van der Waals surface area contributed by atoms with Crippen LogP contribution in [0.25, 0.3) is 10.9 Å². The number of likely N-dealkylation sites (tertiary alicyclic amines) is 1. The summed E-state index contributed by atoms with van der Waals surface area (Å²) in [6.45, 7) is 4.31. The van der Waals surface area contributed by atoms with Crippen molar-refractivity contribution in [3.63, 3.8) is 0 Å². The van der Waals surface area contributed by atoms with Gasteiger partial charge in [-0.05, 0) is 44.0 Å². The summed E-state index contributed by atoms with van der Waals surface area (Å²) in [5, 5.41) is 22.4. The molecule has 0 aliphatic carbocycles. The first kappa shape index (κ1) is 19.8. The summed E-state index contributed by atoms with van der Waals surface area (Å²) >= 11 is 0. The van der Waals surface area contributed by atoms with Crippen molar-refractivity contribution in [2.75, 3.05) is 19.6 Å². The third-order valence-corrected chi connectivity index (χ3v) is 5.80. The SMILES string of the molecule is Cc1ccc(OC(O)CCN2CCC(O)(c3cnc4ccccc4c3)CC2)cc1. The largest absolute Gasteiger partial charge is 0.465 e. The van der Waals surface area contributed by atoms with Crippen LogP contribution in [-0.2, 0) is 5.60 Å². The number of para-hydroxylation sites is 1. The number of hydrogen-bond acceptors (Lipinski definition) is 5. The lowest BCUT2D eigenvalue weighted by Crippen LogP contribution is -2.43. The van der Waals surface area contributed by atoms with Crippen LogP contribution in [0.3, 0.4) is 0 Å². The Morgan fingerprint density at radius 2 is 1.83 bits per heavy atom. The van der Waals surface area contributed by atoms with Crippen LogP contribution in [0.4, 0.5) is 0 Å². The molecule has 2 heterocycles. The first-order valence-corrected chi connectivity index (χ1v) is 10.2. The molecule has 1 aliphatic rings. The Kier molecular flexibility index (Phi) is 5.81. The zero-order chi connectivity index (χ0) is 20.3. The number of benzene rings is 2. The van der Waals surface area contributed by atoms with Gasteiger partial charge in [-0.2, -0.15) is 0 Å². The van der Waals surface area contributed by atoms with E-state index >= 15 is 0 Å². The molecule has 1 atom stereocenters. The fourth-order valence-corrected chi connectivity index (χ4v) is 3.89. The lowest BCUT2D eigenvalue weighted by atomic mass is 9.85. The van der Waals surface area contributed by atoms with Gasteiger partial charge < -0.3 is 19.8 Å². The predicted octanol–water partition coefficient (Wildman–Crippen LogP) is 3.61. The number of aliphatic hydroxyl groups excluding tert-OH is 1. The molecule has 5 heteroatoms. The van der Waals surface area contributed by atoms with E-state index < -0.39 is 11.9 Å². The van der Waals surface area contributed by atoms with E-state index in [2.05, 4.69) is 16.0 Å². The number of rotatable bonds is 6. The van der Waals surface area contributed by atoms with E-state index in [0.29, 0.717) is 25.0 Å². The second kappa shape index (κ2) is 8.49. The van der Waals surface area contributed by atoms with Gasteiger partial charge in [0.1, 0.15) is 5.75 Å². The fraction of sp³-hybridized carbons (Fsp3) is 0.375. The Morgan fingerprint density at radius 3 is 2.59 bits per heavy atom. The zero-order valence-corrected chi connectivity index (χ0v) is 16.8. The number of aliphatic hydroxyl groups is 2. The van der Waals surface area contributed by atoms with Gasteiger partial charge in [0.15, 0.2) is 6.29 Å². The first-order valence-electron chi connectivity index (χ1n) is 10.2. The fourth-order valence-electron chi connectivity index (χ4n) is 3.89. The molecule has 5 nitrogen and oxygen atoms in total. The second-order valence-corrected chi connectivity index (χ2v) is 7.96. The van der Waals surface area contributed by atoms with Gasteiger partial charge in [0.2, 0.25) is 0 Å². The average molecular weight is 392 g/mol. The Morgan fingerprint density at radius 1 is 1.10 bits per heavy atom. The number of nitrogens with zero attached hydrogens (tertiary/aromatic N) is 2. The highest BCUT2D eigenvalue weighted by Gasteiger charge is 2.34.